The third-order valence-electron chi connectivity index (χ3n) is 3.44. The molecule has 0 spiro atoms. The molecule has 1 heterocycles. The van der Waals surface area contributed by atoms with Gasteiger partial charge >= 0.3 is 0 Å². The molecule has 1 aliphatic heterocycles. The summed E-state index contributed by atoms with van der Waals surface area (Å²) in [6.07, 6.45) is 0. The van der Waals surface area contributed by atoms with Crippen molar-refractivity contribution in [2.45, 2.75) is 5.37 Å². The van der Waals surface area contributed by atoms with Crippen LogP contribution in [0.25, 0.3) is 0 Å². The molecule has 118 valence electrons. The molecule has 1 aliphatic rings. The SMILES string of the molecule is O=C1CSC(c2ccc([N+](=O)[O-])cc2)N1c1c(F)cccc1F. The Labute approximate surface area is 134 Å². The Morgan fingerprint density at radius 1 is 1.13 bits per heavy atom. The number of nitrogens with zero attached hydrogens (tertiary/aromatic N) is 2. The molecule has 2 aromatic rings. The number of hydrogen-bond donors (Lipinski definition) is 0. The minimum atomic E-state index is -0.826. The summed E-state index contributed by atoms with van der Waals surface area (Å²) in [5, 5.41) is 10.1. The number of halogens is 2. The molecule has 1 saturated heterocycles. The van der Waals surface area contributed by atoms with Crippen LogP contribution in [0.2, 0.25) is 0 Å². The number of carbonyl (C=O) groups excluding carboxylic acids is 1. The first-order chi connectivity index (χ1) is 11.0. The zero-order chi connectivity index (χ0) is 16.6. The summed E-state index contributed by atoms with van der Waals surface area (Å²) in [5.41, 5.74) is 0.0756. The lowest BCUT2D eigenvalue weighted by atomic mass is 10.1. The van der Waals surface area contributed by atoms with Gasteiger partial charge in [0.05, 0.1) is 10.7 Å². The first-order valence-electron chi connectivity index (χ1n) is 6.61. The molecule has 1 amide bonds. The van der Waals surface area contributed by atoms with E-state index in [4.69, 9.17) is 0 Å². The third-order valence-corrected chi connectivity index (χ3v) is 4.65. The van der Waals surface area contributed by atoms with Crippen LogP contribution < -0.4 is 4.90 Å². The quantitative estimate of drug-likeness (QED) is 0.634. The van der Waals surface area contributed by atoms with Gasteiger partial charge in [0.2, 0.25) is 5.91 Å². The van der Waals surface area contributed by atoms with E-state index in [1.807, 2.05) is 0 Å². The minimum absolute atomic E-state index is 0.0788. The number of para-hydroxylation sites is 1. The van der Waals surface area contributed by atoms with E-state index in [2.05, 4.69) is 0 Å². The third kappa shape index (κ3) is 2.77. The zero-order valence-corrected chi connectivity index (χ0v) is 12.4. The number of hydrogen-bond acceptors (Lipinski definition) is 4. The van der Waals surface area contributed by atoms with Crippen molar-refractivity contribution in [1.29, 1.82) is 0 Å². The van der Waals surface area contributed by atoms with Gasteiger partial charge in [0.1, 0.15) is 22.7 Å². The zero-order valence-electron chi connectivity index (χ0n) is 11.6. The van der Waals surface area contributed by atoms with E-state index < -0.39 is 33.5 Å². The first-order valence-corrected chi connectivity index (χ1v) is 7.66. The largest absolute Gasteiger partial charge is 0.290 e. The summed E-state index contributed by atoms with van der Waals surface area (Å²) >= 11 is 1.21. The number of non-ortho nitro benzene ring substituents is 1. The fraction of sp³-hybridized carbons (Fsp3) is 0.133. The first kappa shape index (κ1) is 15.4. The predicted molar refractivity (Wildman–Crippen MR) is 82.1 cm³/mol. The summed E-state index contributed by atoms with van der Waals surface area (Å²) < 4.78 is 28.0. The Morgan fingerprint density at radius 2 is 1.74 bits per heavy atom. The Hall–Kier alpha value is -2.48. The van der Waals surface area contributed by atoms with Gasteiger partial charge in [-0.05, 0) is 29.8 Å². The number of nitro benzene ring substituents is 1. The molecule has 0 N–H and O–H groups in total. The second-order valence-electron chi connectivity index (χ2n) is 4.85. The van der Waals surface area contributed by atoms with Crippen molar-refractivity contribution in [3.63, 3.8) is 0 Å². The molecular weight excluding hydrogens is 326 g/mol. The van der Waals surface area contributed by atoms with E-state index in [9.17, 15) is 23.7 Å². The summed E-state index contributed by atoms with van der Waals surface area (Å²) in [6.45, 7) is 0. The molecule has 0 aliphatic carbocycles. The molecule has 3 rings (SSSR count). The van der Waals surface area contributed by atoms with Crippen molar-refractivity contribution in [2.75, 3.05) is 10.7 Å². The second-order valence-corrected chi connectivity index (χ2v) is 5.91. The Kier molecular flexibility index (Phi) is 3.99. The highest BCUT2D eigenvalue weighted by atomic mass is 32.2. The van der Waals surface area contributed by atoms with Crippen LogP contribution in [0.4, 0.5) is 20.2 Å². The molecule has 1 fully saturated rings. The maximum absolute atomic E-state index is 14.0. The van der Waals surface area contributed by atoms with E-state index in [0.717, 1.165) is 17.0 Å². The molecule has 5 nitrogen and oxygen atoms in total. The van der Waals surface area contributed by atoms with Crippen LogP contribution in [-0.4, -0.2) is 16.6 Å². The Balaban J connectivity index is 2.02. The molecule has 0 radical (unpaired) electrons. The fourth-order valence-corrected chi connectivity index (χ4v) is 3.55. The highest BCUT2D eigenvalue weighted by molar-refractivity contribution is 8.00. The Bertz CT molecular complexity index is 763. The van der Waals surface area contributed by atoms with Crippen LogP contribution in [0.1, 0.15) is 10.9 Å². The number of amides is 1. The van der Waals surface area contributed by atoms with Crippen molar-refractivity contribution in [3.05, 3.63) is 69.8 Å². The number of carbonyl (C=O) groups is 1. The average molecular weight is 336 g/mol. The van der Waals surface area contributed by atoms with Crippen molar-refractivity contribution >= 4 is 29.0 Å². The summed E-state index contributed by atoms with van der Waals surface area (Å²) in [4.78, 5) is 23.3. The lowest BCUT2D eigenvalue weighted by Gasteiger charge is -2.25. The summed E-state index contributed by atoms with van der Waals surface area (Å²) in [6, 6.07) is 8.97. The molecule has 0 saturated carbocycles. The smallest absolute Gasteiger partial charge is 0.269 e. The molecule has 2 aromatic carbocycles. The van der Waals surface area contributed by atoms with Crippen LogP contribution in [0.3, 0.4) is 0 Å². The molecule has 0 bridgehead atoms. The van der Waals surface area contributed by atoms with Gasteiger partial charge in [0.25, 0.3) is 5.69 Å². The van der Waals surface area contributed by atoms with E-state index in [0.29, 0.717) is 5.56 Å². The van der Waals surface area contributed by atoms with Crippen molar-refractivity contribution < 1.29 is 18.5 Å². The van der Waals surface area contributed by atoms with Gasteiger partial charge in [0.15, 0.2) is 0 Å². The van der Waals surface area contributed by atoms with E-state index in [1.165, 1.54) is 42.1 Å². The van der Waals surface area contributed by atoms with Crippen LogP contribution in [0, 0.1) is 21.7 Å². The predicted octanol–water partition coefficient (Wildman–Crippen LogP) is 3.65. The molecule has 1 atom stereocenters. The van der Waals surface area contributed by atoms with Crippen molar-refractivity contribution in [3.8, 4) is 0 Å². The average Bonchev–Trinajstić information content (AvgIpc) is 2.89. The van der Waals surface area contributed by atoms with Gasteiger partial charge in [-0.25, -0.2) is 8.78 Å². The lowest BCUT2D eigenvalue weighted by Crippen LogP contribution is -2.29. The maximum Gasteiger partial charge on any atom is 0.269 e. The van der Waals surface area contributed by atoms with Crippen molar-refractivity contribution in [1.82, 2.24) is 0 Å². The topological polar surface area (TPSA) is 63.4 Å². The van der Waals surface area contributed by atoms with Crippen LogP contribution in [-0.2, 0) is 4.79 Å². The number of thioether (sulfide) groups is 1. The minimum Gasteiger partial charge on any atom is -0.290 e. The van der Waals surface area contributed by atoms with E-state index >= 15 is 0 Å². The van der Waals surface area contributed by atoms with Crippen LogP contribution in [0.5, 0.6) is 0 Å². The highest BCUT2D eigenvalue weighted by Crippen LogP contribution is 2.43. The molecule has 1 unspecified atom stereocenters. The lowest BCUT2D eigenvalue weighted by molar-refractivity contribution is -0.384. The Morgan fingerprint density at radius 3 is 2.30 bits per heavy atom. The number of nitro groups is 1. The van der Waals surface area contributed by atoms with E-state index in [-0.39, 0.29) is 11.4 Å². The van der Waals surface area contributed by atoms with Crippen molar-refractivity contribution in [2.24, 2.45) is 0 Å². The highest BCUT2D eigenvalue weighted by Gasteiger charge is 2.37. The molecule has 23 heavy (non-hydrogen) atoms. The van der Waals surface area contributed by atoms with Gasteiger partial charge in [-0.3, -0.25) is 19.8 Å². The van der Waals surface area contributed by atoms with Gasteiger partial charge in [-0.1, -0.05) is 6.07 Å². The molecule has 0 aromatic heterocycles. The van der Waals surface area contributed by atoms with Gasteiger partial charge in [-0.15, -0.1) is 11.8 Å². The number of rotatable bonds is 3. The number of anilines is 1. The fourth-order valence-electron chi connectivity index (χ4n) is 2.39. The molecule has 8 heteroatoms. The van der Waals surface area contributed by atoms with Gasteiger partial charge in [-0.2, -0.15) is 0 Å². The standard InChI is InChI=1S/C15H10F2N2O3S/c16-11-2-1-3-12(17)14(11)18-13(20)8-23-15(18)9-4-6-10(7-5-9)19(21)22/h1-7,15H,8H2. The summed E-state index contributed by atoms with van der Waals surface area (Å²) in [7, 11) is 0. The maximum atomic E-state index is 14.0. The van der Waals surface area contributed by atoms with Gasteiger partial charge in [0, 0.05) is 12.1 Å². The van der Waals surface area contributed by atoms with E-state index in [1.54, 1.807) is 0 Å². The monoisotopic (exact) mass is 336 g/mol. The molecular formula is C15H10F2N2O3S. The van der Waals surface area contributed by atoms with Gasteiger partial charge < -0.3 is 0 Å². The normalized spacial score (nSPS) is 17.6. The second kappa shape index (κ2) is 5.96. The van der Waals surface area contributed by atoms with Crippen LogP contribution in [0.15, 0.2) is 42.5 Å². The summed E-state index contributed by atoms with van der Waals surface area (Å²) in [5.74, 6) is -1.99. The number of benzene rings is 2. The van der Waals surface area contributed by atoms with Crippen LogP contribution >= 0.6 is 11.8 Å².